The van der Waals surface area contributed by atoms with Crippen LogP contribution in [0.5, 0.6) is 11.5 Å². The van der Waals surface area contributed by atoms with Crippen molar-refractivity contribution in [2.75, 3.05) is 32.1 Å². The number of nitrogens with zero attached hydrogens (tertiary/aromatic N) is 1. The summed E-state index contributed by atoms with van der Waals surface area (Å²) in [6.07, 6.45) is 3.71. The second kappa shape index (κ2) is 10.5. The van der Waals surface area contributed by atoms with Crippen LogP contribution in [0.3, 0.4) is 0 Å². The van der Waals surface area contributed by atoms with Gasteiger partial charge in [-0.2, -0.15) is 4.31 Å². The molecule has 31 heavy (non-hydrogen) atoms. The van der Waals surface area contributed by atoms with Gasteiger partial charge in [0.15, 0.2) is 6.61 Å². The summed E-state index contributed by atoms with van der Waals surface area (Å²) in [6.45, 7) is 0.640. The molecule has 1 fully saturated rings. The first-order valence-corrected chi connectivity index (χ1v) is 12.1. The highest BCUT2D eigenvalue weighted by atomic mass is 35.5. The molecule has 1 aliphatic heterocycles. The summed E-state index contributed by atoms with van der Waals surface area (Å²) in [4.78, 5) is 12.5. The van der Waals surface area contributed by atoms with Gasteiger partial charge in [0.25, 0.3) is 5.91 Å². The molecule has 0 spiro atoms. The molecule has 0 radical (unpaired) electrons. The van der Waals surface area contributed by atoms with E-state index in [9.17, 15) is 13.2 Å². The number of sulfonamides is 1. The van der Waals surface area contributed by atoms with Gasteiger partial charge in [-0.25, -0.2) is 8.42 Å². The van der Waals surface area contributed by atoms with Crippen molar-refractivity contribution in [3.63, 3.8) is 0 Å². The van der Waals surface area contributed by atoms with E-state index in [-0.39, 0.29) is 28.0 Å². The summed E-state index contributed by atoms with van der Waals surface area (Å²) in [5.74, 6) is 0.108. The molecule has 0 saturated carbocycles. The predicted molar refractivity (Wildman–Crippen MR) is 121 cm³/mol. The number of hydrogen-bond acceptors (Lipinski definition) is 5. The molecule has 7 nitrogen and oxygen atoms in total. The molecule has 0 atom stereocenters. The predicted octanol–water partition coefficient (Wildman–Crippen LogP) is 4.58. The molecular weight excluding hydrogens is 463 g/mol. The molecule has 0 aromatic heterocycles. The van der Waals surface area contributed by atoms with Gasteiger partial charge >= 0.3 is 0 Å². The Bertz CT molecular complexity index is 1040. The summed E-state index contributed by atoms with van der Waals surface area (Å²) in [6, 6.07) is 9.27. The van der Waals surface area contributed by atoms with Crippen LogP contribution in [-0.2, 0) is 14.8 Å². The summed E-state index contributed by atoms with van der Waals surface area (Å²) < 4.78 is 38.4. The lowest BCUT2D eigenvalue weighted by atomic mass is 10.2. The molecule has 3 rings (SSSR count). The number of amides is 1. The minimum Gasteiger partial charge on any atom is -0.495 e. The van der Waals surface area contributed by atoms with E-state index in [0.717, 1.165) is 25.7 Å². The fraction of sp³-hybridized carbons (Fsp3) is 0.381. The normalized spacial score (nSPS) is 15.2. The van der Waals surface area contributed by atoms with Crippen molar-refractivity contribution in [3.05, 3.63) is 46.4 Å². The molecule has 2 aromatic carbocycles. The van der Waals surface area contributed by atoms with Crippen molar-refractivity contribution in [1.29, 1.82) is 0 Å². The molecule has 1 N–H and O–H groups in total. The number of carbonyl (C=O) groups excluding carboxylic acids is 1. The molecule has 1 saturated heterocycles. The molecule has 1 heterocycles. The van der Waals surface area contributed by atoms with Gasteiger partial charge in [0, 0.05) is 13.1 Å². The van der Waals surface area contributed by atoms with E-state index in [4.69, 9.17) is 32.7 Å². The highest BCUT2D eigenvalue weighted by molar-refractivity contribution is 7.89. The average Bonchev–Trinajstić information content (AvgIpc) is 3.05. The third kappa shape index (κ3) is 5.83. The van der Waals surface area contributed by atoms with Gasteiger partial charge in [0.1, 0.15) is 16.5 Å². The summed E-state index contributed by atoms with van der Waals surface area (Å²) in [7, 11) is -2.23. The monoisotopic (exact) mass is 486 g/mol. The van der Waals surface area contributed by atoms with Gasteiger partial charge < -0.3 is 14.8 Å². The van der Waals surface area contributed by atoms with Crippen LogP contribution in [-0.4, -0.2) is 45.4 Å². The molecule has 0 unspecified atom stereocenters. The van der Waals surface area contributed by atoms with Crippen molar-refractivity contribution in [2.24, 2.45) is 0 Å². The third-order valence-corrected chi connectivity index (χ3v) is 7.62. The zero-order valence-electron chi connectivity index (χ0n) is 17.1. The first-order valence-electron chi connectivity index (χ1n) is 9.88. The minimum atomic E-state index is -3.67. The molecule has 1 aliphatic rings. The highest BCUT2D eigenvalue weighted by Gasteiger charge is 2.26. The van der Waals surface area contributed by atoms with Gasteiger partial charge in [0.2, 0.25) is 10.0 Å². The van der Waals surface area contributed by atoms with Gasteiger partial charge in [-0.15, -0.1) is 0 Å². The van der Waals surface area contributed by atoms with E-state index in [0.29, 0.717) is 23.9 Å². The second-order valence-corrected chi connectivity index (χ2v) is 9.79. The standard InChI is InChI=1S/C21H24Cl2N2O5S/c1-29-18-10-9-15(31(27,28)25-11-4-2-3-5-12-25)13-17(18)24-20(26)14-30-19-8-6-7-16(22)21(19)23/h6-10,13H,2-5,11-12,14H2,1H3,(H,24,26). The van der Waals surface area contributed by atoms with Crippen molar-refractivity contribution in [1.82, 2.24) is 4.31 Å². The van der Waals surface area contributed by atoms with E-state index in [1.807, 2.05) is 0 Å². The number of rotatable bonds is 7. The number of carbonyl (C=O) groups is 1. The van der Waals surface area contributed by atoms with Crippen LogP contribution in [0.2, 0.25) is 10.0 Å². The Hall–Kier alpha value is -2.00. The molecule has 0 bridgehead atoms. The van der Waals surface area contributed by atoms with Crippen LogP contribution in [0.4, 0.5) is 5.69 Å². The number of hydrogen-bond donors (Lipinski definition) is 1. The van der Waals surface area contributed by atoms with Crippen molar-refractivity contribution < 1.29 is 22.7 Å². The highest BCUT2D eigenvalue weighted by Crippen LogP contribution is 2.32. The van der Waals surface area contributed by atoms with E-state index >= 15 is 0 Å². The van der Waals surface area contributed by atoms with Gasteiger partial charge in [-0.05, 0) is 43.2 Å². The third-order valence-electron chi connectivity index (χ3n) is 4.92. The zero-order valence-corrected chi connectivity index (χ0v) is 19.4. The maximum Gasteiger partial charge on any atom is 0.262 e. The fourth-order valence-corrected chi connectivity index (χ4v) is 5.19. The van der Waals surface area contributed by atoms with Crippen molar-refractivity contribution in [3.8, 4) is 11.5 Å². The Kier molecular flexibility index (Phi) is 8.05. The fourth-order valence-electron chi connectivity index (χ4n) is 3.30. The number of halogens is 2. The van der Waals surface area contributed by atoms with Gasteiger partial charge in [-0.1, -0.05) is 42.1 Å². The molecular formula is C21H24Cl2N2O5S. The first kappa shape index (κ1) is 23.7. The smallest absolute Gasteiger partial charge is 0.262 e. The molecule has 1 amide bonds. The van der Waals surface area contributed by atoms with Gasteiger partial charge in [-0.3, -0.25) is 4.79 Å². The van der Waals surface area contributed by atoms with Crippen LogP contribution in [0.15, 0.2) is 41.3 Å². The van der Waals surface area contributed by atoms with Crippen LogP contribution in [0.1, 0.15) is 25.7 Å². The number of methoxy groups -OCH3 is 1. The van der Waals surface area contributed by atoms with Crippen LogP contribution in [0, 0.1) is 0 Å². The Balaban J connectivity index is 1.75. The van der Waals surface area contributed by atoms with E-state index in [1.165, 1.54) is 29.6 Å². The van der Waals surface area contributed by atoms with Crippen molar-refractivity contribution >= 4 is 44.8 Å². The van der Waals surface area contributed by atoms with Crippen LogP contribution in [0.25, 0.3) is 0 Å². The van der Waals surface area contributed by atoms with Gasteiger partial charge in [0.05, 0.1) is 22.7 Å². The number of ether oxygens (including phenoxy) is 2. The molecule has 2 aromatic rings. The maximum atomic E-state index is 13.1. The lowest BCUT2D eigenvalue weighted by molar-refractivity contribution is -0.118. The van der Waals surface area contributed by atoms with Crippen LogP contribution < -0.4 is 14.8 Å². The summed E-state index contributed by atoms with van der Waals surface area (Å²) in [5.41, 5.74) is 0.240. The molecule has 10 heteroatoms. The lowest BCUT2D eigenvalue weighted by Crippen LogP contribution is -2.32. The molecule has 168 valence electrons. The lowest BCUT2D eigenvalue weighted by Gasteiger charge is -2.21. The summed E-state index contributed by atoms with van der Waals surface area (Å²) in [5, 5.41) is 3.17. The Labute approximate surface area is 192 Å². The van der Waals surface area contributed by atoms with Crippen LogP contribution >= 0.6 is 23.2 Å². The Morgan fingerprint density at radius 2 is 1.77 bits per heavy atom. The minimum absolute atomic E-state index is 0.101. The Morgan fingerprint density at radius 1 is 1.06 bits per heavy atom. The van der Waals surface area contributed by atoms with E-state index in [1.54, 1.807) is 18.2 Å². The number of anilines is 1. The van der Waals surface area contributed by atoms with E-state index < -0.39 is 15.9 Å². The first-order chi connectivity index (χ1) is 14.8. The summed E-state index contributed by atoms with van der Waals surface area (Å²) >= 11 is 12.0. The van der Waals surface area contributed by atoms with Crippen molar-refractivity contribution in [2.45, 2.75) is 30.6 Å². The number of nitrogens with one attached hydrogen (secondary N) is 1. The SMILES string of the molecule is COc1ccc(S(=O)(=O)N2CCCCCC2)cc1NC(=O)COc1cccc(Cl)c1Cl. The van der Waals surface area contributed by atoms with E-state index in [2.05, 4.69) is 5.32 Å². The molecule has 0 aliphatic carbocycles. The maximum absolute atomic E-state index is 13.1. The second-order valence-electron chi connectivity index (χ2n) is 7.07. The number of benzene rings is 2. The Morgan fingerprint density at radius 3 is 2.45 bits per heavy atom. The largest absolute Gasteiger partial charge is 0.495 e. The topological polar surface area (TPSA) is 84.9 Å². The zero-order chi connectivity index (χ0) is 22.4. The average molecular weight is 487 g/mol. The quantitative estimate of drug-likeness (QED) is 0.618.